The molecule has 0 spiro atoms. The van der Waals surface area contributed by atoms with E-state index in [1.807, 2.05) is 0 Å². The quantitative estimate of drug-likeness (QED) is 0.743. The fourth-order valence-corrected chi connectivity index (χ4v) is 2.93. The second kappa shape index (κ2) is 4.65. The number of benzene rings is 1. The van der Waals surface area contributed by atoms with Crippen LogP contribution in [0.1, 0.15) is 15.9 Å². The minimum absolute atomic E-state index is 0.134. The predicted molar refractivity (Wildman–Crippen MR) is 66.9 cm³/mol. The maximum absolute atomic E-state index is 13.2. The van der Waals surface area contributed by atoms with Crippen molar-refractivity contribution in [2.24, 2.45) is 0 Å². The van der Waals surface area contributed by atoms with Crippen LogP contribution in [0.2, 0.25) is 5.02 Å². The molecule has 0 fully saturated rings. The zero-order chi connectivity index (χ0) is 11.7. The Bertz CT molecular complexity index is 553. The van der Waals surface area contributed by atoms with E-state index in [-0.39, 0.29) is 16.4 Å². The summed E-state index contributed by atoms with van der Waals surface area (Å²) in [6, 6.07) is 4.20. The van der Waals surface area contributed by atoms with Crippen molar-refractivity contribution in [3.05, 3.63) is 55.4 Å². The highest BCUT2D eigenvalue weighted by Gasteiger charge is 2.17. The third-order valence-corrected chi connectivity index (χ3v) is 4.14. The molecule has 0 unspecified atom stereocenters. The first-order valence-electron chi connectivity index (χ1n) is 4.31. The Balaban J connectivity index is 2.50. The lowest BCUT2D eigenvalue weighted by molar-refractivity contribution is 0.103. The van der Waals surface area contributed by atoms with Crippen LogP contribution in [0.15, 0.2) is 33.4 Å². The highest BCUT2D eigenvalue weighted by atomic mass is 79.9. The molecule has 0 saturated carbocycles. The van der Waals surface area contributed by atoms with Gasteiger partial charge in [-0.05, 0) is 28.1 Å². The normalized spacial score (nSPS) is 10.4. The van der Waals surface area contributed by atoms with E-state index >= 15 is 0 Å². The molecule has 1 nitrogen and oxygen atoms in total. The van der Waals surface area contributed by atoms with E-state index in [9.17, 15) is 9.18 Å². The van der Waals surface area contributed by atoms with Gasteiger partial charge in [0.2, 0.25) is 0 Å². The molecule has 0 saturated heterocycles. The van der Waals surface area contributed by atoms with Crippen LogP contribution in [-0.4, -0.2) is 5.78 Å². The van der Waals surface area contributed by atoms with E-state index in [4.69, 9.17) is 11.6 Å². The number of hydrogen-bond donors (Lipinski definition) is 0. The van der Waals surface area contributed by atoms with Gasteiger partial charge in [0.05, 0.1) is 5.02 Å². The number of thiophene rings is 1. The van der Waals surface area contributed by atoms with Gasteiger partial charge in [0.1, 0.15) is 5.82 Å². The van der Waals surface area contributed by atoms with Crippen LogP contribution in [0.4, 0.5) is 4.39 Å². The first-order valence-corrected chi connectivity index (χ1v) is 6.43. The lowest BCUT2D eigenvalue weighted by atomic mass is 10.1. The number of hydrogen-bond acceptors (Lipinski definition) is 2. The highest BCUT2D eigenvalue weighted by Crippen LogP contribution is 2.28. The molecule has 1 heterocycles. The van der Waals surface area contributed by atoms with E-state index in [1.165, 1.54) is 29.5 Å². The average Bonchev–Trinajstić information content (AvgIpc) is 2.68. The summed E-state index contributed by atoms with van der Waals surface area (Å²) in [4.78, 5) is 12.0. The first kappa shape index (κ1) is 11.8. The van der Waals surface area contributed by atoms with Crippen molar-refractivity contribution in [2.75, 3.05) is 0 Å². The van der Waals surface area contributed by atoms with E-state index in [2.05, 4.69) is 15.9 Å². The van der Waals surface area contributed by atoms with Gasteiger partial charge in [0, 0.05) is 26.4 Å². The molecule has 0 N–H and O–H groups in total. The Kier molecular flexibility index (Phi) is 3.42. The van der Waals surface area contributed by atoms with Crippen molar-refractivity contribution in [3.8, 4) is 0 Å². The molecule has 0 aliphatic rings. The minimum Gasteiger partial charge on any atom is -0.288 e. The van der Waals surface area contributed by atoms with Crippen LogP contribution in [-0.2, 0) is 0 Å². The molecule has 0 bridgehead atoms. The van der Waals surface area contributed by atoms with E-state index in [0.717, 1.165) is 0 Å². The predicted octanol–water partition coefficient (Wildman–Crippen LogP) is 4.53. The topological polar surface area (TPSA) is 17.1 Å². The zero-order valence-corrected chi connectivity index (χ0v) is 11.0. The number of ketones is 1. The Morgan fingerprint density at radius 1 is 1.31 bits per heavy atom. The summed E-state index contributed by atoms with van der Waals surface area (Å²) in [5.74, 6) is -0.864. The second-order valence-corrected chi connectivity index (χ2v) is 5.04. The second-order valence-electron chi connectivity index (χ2n) is 3.06. The van der Waals surface area contributed by atoms with Gasteiger partial charge >= 0.3 is 0 Å². The average molecular weight is 320 g/mol. The number of halogens is 3. The van der Waals surface area contributed by atoms with Gasteiger partial charge in [0.15, 0.2) is 5.78 Å². The molecule has 5 heteroatoms. The van der Waals surface area contributed by atoms with Crippen molar-refractivity contribution in [3.63, 3.8) is 0 Å². The number of rotatable bonds is 2. The molecule has 16 heavy (non-hydrogen) atoms. The van der Waals surface area contributed by atoms with Gasteiger partial charge in [-0.25, -0.2) is 4.39 Å². The minimum atomic E-state index is -0.584. The molecular weight excluding hydrogens is 315 g/mol. The summed E-state index contributed by atoms with van der Waals surface area (Å²) >= 11 is 10.4. The Labute approximate surface area is 109 Å². The molecule has 82 valence electrons. The smallest absolute Gasteiger partial charge is 0.196 e. The molecule has 0 atom stereocenters. The molecule has 0 aliphatic heterocycles. The van der Waals surface area contributed by atoms with E-state index in [0.29, 0.717) is 10.0 Å². The Morgan fingerprint density at radius 3 is 2.69 bits per heavy atom. The van der Waals surface area contributed by atoms with Crippen molar-refractivity contribution in [1.29, 1.82) is 0 Å². The van der Waals surface area contributed by atoms with Crippen molar-refractivity contribution in [2.45, 2.75) is 0 Å². The monoisotopic (exact) mass is 318 g/mol. The zero-order valence-electron chi connectivity index (χ0n) is 7.84. The summed E-state index contributed by atoms with van der Waals surface area (Å²) in [5.41, 5.74) is 0.679. The summed E-state index contributed by atoms with van der Waals surface area (Å²) in [6.07, 6.45) is 0. The van der Waals surface area contributed by atoms with Crippen LogP contribution in [0, 0.1) is 5.82 Å². The Morgan fingerprint density at radius 2 is 2.06 bits per heavy atom. The summed E-state index contributed by atoms with van der Waals surface area (Å²) in [5, 5.41) is 3.36. The lowest BCUT2D eigenvalue weighted by Crippen LogP contribution is -2.02. The third-order valence-electron chi connectivity index (χ3n) is 2.06. The fraction of sp³-hybridized carbons (Fsp3) is 0. The maximum atomic E-state index is 13.2. The lowest BCUT2D eigenvalue weighted by Gasteiger charge is -2.03. The van der Waals surface area contributed by atoms with Crippen LogP contribution in [0.25, 0.3) is 0 Å². The summed E-state index contributed by atoms with van der Waals surface area (Å²) in [6.45, 7) is 0. The molecule has 1 aromatic heterocycles. The van der Waals surface area contributed by atoms with E-state index < -0.39 is 5.82 Å². The molecule has 2 rings (SSSR count). The van der Waals surface area contributed by atoms with Crippen LogP contribution < -0.4 is 0 Å². The van der Waals surface area contributed by atoms with Crippen LogP contribution in [0.3, 0.4) is 0 Å². The SMILES string of the molecule is O=C(c1cscc1Br)c1cccc(F)c1Cl. The molecule has 2 aromatic rings. The van der Waals surface area contributed by atoms with E-state index in [1.54, 1.807) is 10.8 Å². The van der Waals surface area contributed by atoms with Gasteiger partial charge in [-0.1, -0.05) is 17.7 Å². The van der Waals surface area contributed by atoms with Gasteiger partial charge in [-0.15, -0.1) is 0 Å². The summed E-state index contributed by atoms with van der Waals surface area (Å²) in [7, 11) is 0. The van der Waals surface area contributed by atoms with Crippen LogP contribution in [0.5, 0.6) is 0 Å². The maximum Gasteiger partial charge on any atom is 0.196 e. The van der Waals surface area contributed by atoms with Crippen molar-refractivity contribution < 1.29 is 9.18 Å². The number of carbonyl (C=O) groups is 1. The first-order chi connectivity index (χ1) is 7.61. The molecule has 0 amide bonds. The third kappa shape index (κ3) is 2.05. The largest absolute Gasteiger partial charge is 0.288 e. The van der Waals surface area contributed by atoms with Gasteiger partial charge in [-0.3, -0.25) is 4.79 Å². The molecular formula is C11H5BrClFOS. The van der Waals surface area contributed by atoms with Gasteiger partial charge in [0.25, 0.3) is 0 Å². The van der Waals surface area contributed by atoms with Gasteiger partial charge in [-0.2, -0.15) is 11.3 Å². The standard InChI is InChI=1S/C11H5BrClFOS/c12-8-5-16-4-7(8)11(15)6-2-1-3-9(14)10(6)13/h1-5H. The van der Waals surface area contributed by atoms with Crippen LogP contribution >= 0.6 is 38.9 Å². The number of carbonyl (C=O) groups excluding carboxylic acids is 1. The Hall–Kier alpha value is -0.710. The van der Waals surface area contributed by atoms with Crippen molar-refractivity contribution in [1.82, 2.24) is 0 Å². The van der Waals surface area contributed by atoms with Gasteiger partial charge < -0.3 is 0 Å². The fourth-order valence-electron chi connectivity index (χ4n) is 1.27. The summed E-state index contributed by atoms with van der Waals surface area (Å²) < 4.78 is 13.9. The highest BCUT2D eigenvalue weighted by molar-refractivity contribution is 9.10. The molecule has 0 aliphatic carbocycles. The molecule has 0 radical (unpaired) electrons. The molecule has 1 aromatic carbocycles. The van der Waals surface area contributed by atoms with Crippen molar-refractivity contribution >= 4 is 44.7 Å².